The molecule has 1 N–H and O–H groups in total. The van der Waals surface area contributed by atoms with E-state index in [1.165, 1.54) is 18.2 Å². The van der Waals surface area contributed by atoms with Gasteiger partial charge in [0, 0.05) is 30.2 Å². The van der Waals surface area contributed by atoms with E-state index in [0.29, 0.717) is 18.7 Å². The molecule has 0 spiro atoms. The zero-order valence-electron chi connectivity index (χ0n) is 20.1. The van der Waals surface area contributed by atoms with Crippen LogP contribution in [0.5, 0.6) is 0 Å². The number of ether oxygens (including phenoxy) is 1. The topological polar surface area (TPSA) is 77.1 Å². The van der Waals surface area contributed by atoms with E-state index < -0.39 is 29.7 Å². The standard InChI is InChI=1S/C23H34BFN2O5/c1-21(2,3)30-20(29)27-12-8-9-16(14-27)26-19(28)15-10-11-18(25)17(13-15)24-31-22(4,5)23(6,7)32-24/h10-11,13,16H,8-9,12,14H2,1-7H3,(H,26,28)/t16-/m1/s1. The van der Waals surface area contributed by atoms with Crippen molar-refractivity contribution in [2.45, 2.75) is 84.2 Å². The summed E-state index contributed by atoms with van der Waals surface area (Å²) < 4.78 is 31.9. The predicted octanol–water partition coefficient (Wildman–Crippen LogP) is 3.25. The monoisotopic (exact) mass is 448 g/mol. The van der Waals surface area contributed by atoms with Crippen molar-refractivity contribution in [1.82, 2.24) is 10.2 Å². The second kappa shape index (κ2) is 8.67. The fourth-order valence-electron chi connectivity index (χ4n) is 3.69. The van der Waals surface area contributed by atoms with Crippen molar-refractivity contribution in [2.75, 3.05) is 13.1 Å². The van der Waals surface area contributed by atoms with E-state index in [1.54, 1.807) is 4.90 Å². The fourth-order valence-corrected chi connectivity index (χ4v) is 3.69. The molecule has 2 heterocycles. The Balaban J connectivity index is 1.68. The Labute approximate surface area is 190 Å². The van der Waals surface area contributed by atoms with Gasteiger partial charge < -0.3 is 24.3 Å². The first-order valence-corrected chi connectivity index (χ1v) is 11.1. The summed E-state index contributed by atoms with van der Waals surface area (Å²) in [5.74, 6) is -0.826. The van der Waals surface area contributed by atoms with Gasteiger partial charge in [0.25, 0.3) is 5.91 Å². The van der Waals surface area contributed by atoms with Crippen molar-refractivity contribution in [3.8, 4) is 0 Å². The normalized spacial score (nSPS) is 22.6. The van der Waals surface area contributed by atoms with Crippen LogP contribution >= 0.6 is 0 Å². The summed E-state index contributed by atoms with van der Waals surface area (Å²) in [6.07, 6.45) is 1.12. The third-order valence-electron chi connectivity index (χ3n) is 6.17. The van der Waals surface area contributed by atoms with Crippen molar-refractivity contribution < 1.29 is 28.0 Å². The molecule has 0 unspecified atom stereocenters. The lowest BCUT2D eigenvalue weighted by Crippen LogP contribution is -2.50. The Morgan fingerprint density at radius 2 is 1.81 bits per heavy atom. The van der Waals surface area contributed by atoms with Gasteiger partial charge in [-0.05, 0) is 79.5 Å². The molecular formula is C23H34BFN2O5. The quantitative estimate of drug-likeness (QED) is 0.719. The molecule has 2 aliphatic heterocycles. The van der Waals surface area contributed by atoms with E-state index >= 15 is 0 Å². The number of halogens is 1. The number of rotatable bonds is 3. The van der Waals surface area contributed by atoms with Crippen LogP contribution in [-0.4, -0.2) is 60.0 Å². The number of benzene rings is 1. The highest BCUT2D eigenvalue weighted by Gasteiger charge is 2.52. The third-order valence-corrected chi connectivity index (χ3v) is 6.17. The summed E-state index contributed by atoms with van der Waals surface area (Å²) in [4.78, 5) is 26.9. The van der Waals surface area contributed by atoms with Gasteiger partial charge in [-0.1, -0.05) is 0 Å². The van der Waals surface area contributed by atoms with Gasteiger partial charge in [0.1, 0.15) is 11.4 Å². The van der Waals surface area contributed by atoms with E-state index in [4.69, 9.17) is 14.0 Å². The molecule has 9 heteroatoms. The molecule has 1 atom stereocenters. The average molecular weight is 448 g/mol. The van der Waals surface area contributed by atoms with Crippen molar-refractivity contribution >= 4 is 24.6 Å². The van der Waals surface area contributed by atoms with Crippen LogP contribution in [0.3, 0.4) is 0 Å². The van der Waals surface area contributed by atoms with Gasteiger partial charge in [-0.25, -0.2) is 9.18 Å². The Morgan fingerprint density at radius 3 is 2.41 bits per heavy atom. The van der Waals surface area contributed by atoms with E-state index in [-0.39, 0.29) is 23.5 Å². The van der Waals surface area contributed by atoms with Crippen molar-refractivity contribution in [3.05, 3.63) is 29.6 Å². The first-order valence-electron chi connectivity index (χ1n) is 11.1. The maximum atomic E-state index is 14.6. The molecule has 2 saturated heterocycles. The van der Waals surface area contributed by atoms with Gasteiger partial charge in [0.15, 0.2) is 0 Å². The zero-order chi connectivity index (χ0) is 23.9. The number of likely N-dealkylation sites (tertiary alicyclic amines) is 1. The van der Waals surface area contributed by atoms with Crippen LogP contribution in [0.1, 0.15) is 71.7 Å². The Bertz CT molecular complexity index is 868. The summed E-state index contributed by atoms with van der Waals surface area (Å²) in [6.45, 7) is 14.0. The van der Waals surface area contributed by atoms with Gasteiger partial charge in [-0.15, -0.1) is 0 Å². The maximum absolute atomic E-state index is 14.6. The maximum Gasteiger partial charge on any atom is 0.497 e. The van der Waals surface area contributed by atoms with Crippen LogP contribution in [0.4, 0.5) is 9.18 Å². The summed E-state index contributed by atoms with van der Waals surface area (Å²) >= 11 is 0. The summed E-state index contributed by atoms with van der Waals surface area (Å²) in [7, 11) is -0.898. The summed E-state index contributed by atoms with van der Waals surface area (Å²) in [5.41, 5.74) is -1.31. The zero-order valence-corrected chi connectivity index (χ0v) is 20.1. The van der Waals surface area contributed by atoms with Gasteiger partial charge in [0.2, 0.25) is 0 Å². The molecule has 7 nitrogen and oxygen atoms in total. The van der Waals surface area contributed by atoms with Gasteiger partial charge in [-0.2, -0.15) is 0 Å². The van der Waals surface area contributed by atoms with Crippen molar-refractivity contribution in [1.29, 1.82) is 0 Å². The lowest BCUT2D eigenvalue weighted by Gasteiger charge is -2.34. The Morgan fingerprint density at radius 1 is 1.19 bits per heavy atom. The molecular weight excluding hydrogens is 414 g/mol. The van der Waals surface area contributed by atoms with Crippen LogP contribution in [0, 0.1) is 5.82 Å². The minimum atomic E-state index is -0.898. The van der Waals surface area contributed by atoms with Crippen LogP contribution in [0.15, 0.2) is 18.2 Å². The van der Waals surface area contributed by atoms with Crippen molar-refractivity contribution in [2.24, 2.45) is 0 Å². The first kappa shape index (κ1) is 24.5. The lowest BCUT2D eigenvalue weighted by molar-refractivity contribution is 0.00578. The second-order valence-electron chi connectivity index (χ2n) is 10.6. The third kappa shape index (κ3) is 5.43. The summed E-state index contributed by atoms with van der Waals surface area (Å²) in [5, 5.41) is 2.96. The van der Waals surface area contributed by atoms with E-state index in [9.17, 15) is 14.0 Å². The largest absolute Gasteiger partial charge is 0.497 e. The summed E-state index contributed by atoms with van der Waals surface area (Å²) in [6, 6.07) is 3.95. The first-order chi connectivity index (χ1) is 14.7. The van der Waals surface area contributed by atoms with Gasteiger partial charge in [-0.3, -0.25) is 4.79 Å². The molecule has 2 amide bonds. The molecule has 176 valence electrons. The van der Waals surface area contributed by atoms with Gasteiger partial charge in [0.05, 0.1) is 11.2 Å². The molecule has 1 aromatic carbocycles. The highest BCUT2D eigenvalue weighted by atomic mass is 19.1. The number of nitrogens with zero attached hydrogens (tertiary/aromatic N) is 1. The lowest BCUT2D eigenvalue weighted by atomic mass is 9.78. The molecule has 0 aliphatic carbocycles. The molecule has 0 aromatic heterocycles. The number of carbonyl (C=O) groups is 2. The van der Waals surface area contributed by atoms with Crippen LogP contribution < -0.4 is 10.8 Å². The van der Waals surface area contributed by atoms with Gasteiger partial charge >= 0.3 is 13.2 Å². The molecule has 0 bridgehead atoms. The van der Waals surface area contributed by atoms with Crippen LogP contribution in [0.2, 0.25) is 0 Å². The molecule has 2 fully saturated rings. The van der Waals surface area contributed by atoms with Crippen molar-refractivity contribution in [3.63, 3.8) is 0 Å². The smallest absolute Gasteiger partial charge is 0.444 e. The Kier molecular flexibility index (Phi) is 6.64. The Hall–Kier alpha value is -2.13. The van der Waals surface area contributed by atoms with Crippen LogP contribution in [-0.2, 0) is 14.0 Å². The average Bonchev–Trinajstić information content (AvgIpc) is 2.88. The molecule has 1 aromatic rings. The van der Waals surface area contributed by atoms with E-state index in [1.807, 2.05) is 48.5 Å². The number of carbonyl (C=O) groups excluding carboxylic acids is 2. The number of nitrogens with one attached hydrogen (secondary N) is 1. The second-order valence-corrected chi connectivity index (χ2v) is 10.6. The molecule has 0 radical (unpaired) electrons. The number of amides is 2. The number of hydrogen-bond acceptors (Lipinski definition) is 5. The van der Waals surface area contributed by atoms with E-state index in [2.05, 4.69) is 5.32 Å². The molecule has 2 aliphatic rings. The number of piperidine rings is 1. The highest BCUT2D eigenvalue weighted by molar-refractivity contribution is 6.62. The molecule has 3 rings (SSSR count). The van der Waals surface area contributed by atoms with Crippen LogP contribution in [0.25, 0.3) is 0 Å². The minimum Gasteiger partial charge on any atom is -0.444 e. The fraction of sp³-hybridized carbons (Fsp3) is 0.652. The number of hydrogen-bond donors (Lipinski definition) is 1. The minimum absolute atomic E-state index is 0.190. The molecule has 32 heavy (non-hydrogen) atoms. The highest BCUT2D eigenvalue weighted by Crippen LogP contribution is 2.36. The van der Waals surface area contributed by atoms with E-state index in [0.717, 1.165) is 12.8 Å². The SMILES string of the molecule is CC(C)(C)OC(=O)N1CCC[C@@H](NC(=O)c2ccc(F)c(B3OC(C)(C)C(C)(C)O3)c2)C1. The molecule has 0 saturated carbocycles. The predicted molar refractivity (Wildman–Crippen MR) is 120 cm³/mol.